The number of carbonyl (C=O) groups is 1. The molecule has 6 heteroatoms. The zero-order valence-electron chi connectivity index (χ0n) is 14.5. The lowest BCUT2D eigenvalue weighted by Gasteiger charge is -2.27. The first-order valence-corrected chi connectivity index (χ1v) is 8.19. The van der Waals surface area contributed by atoms with E-state index in [2.05, 4.69) is 0 Å². The summed E-state index contributed by atoms with van der Waals surface area (Å²) in [6.45, 7) is 3.79. The van der Waals surface area contributed by atoms with E-state index >= 15 is 0 Å². The molecule has 0 unspecified atom stereocenters. The van der Waals surface area contributed by atoms with Crippen molar-refractivity contribution >= 4 is 5.78 Å². The number of benzene rings is 2. The molecule has 0 bridgehead atoms. The zero-order chi connectivity index (χ0) is 19.0. The molecule has 1 atom stereocenters. The number of fused-ring (bicyclic) bond motifs is 1. The summed E-state index contributed by atoms with van der Waals surface area (Å²) in [5.41, 5.74) is 1.77. The number of allylic oxidation sites excluding steroid dienone is 2. The molecular formula is C20H20O6. The van der Waals surface area contributed by atoms with Gasteiger partial charge in [0.15, 0.2) is 5.78 Å². The Kier molecular flexibility index (Phi) is 4.50. The fourth-order valence-corrected chi connectivity index (χ4v) is 3.05. The van der Waals surface area contributed by atoms with Gasteiger partial charge in [0.05, 0.1) is 5.92 Å². The minimum absolute atomic E-state index is 0.0105. The maximum atomic E-state index is 13.0. The van der Waals surface area contributed by atoms with Gasteiger partial charge < -0.3 is 25.2 Å². The lowest BCUT2D eigenvalue weighted by atomic mass is 9.86. The molecule has 0 saturated heterocycles. The van der Waals surface area contributed by atoms with Crippen molar-refractivity contribution in [3.05, 3.63) is 52.6 Å². The molecule has 0 amide bonds. The predicted molar refractivity (Wildman–Crippen MR) is 95.2 cm³/mol. The highest BCUT2D eigenvalue weighted by atomic mass is 16.5. The molecule has 0 spiro atoms. The number of aromatic hydroxyl groups is 4. The molecule has 2 aromatic carbocycles. The van der Waals surface area contributed by atoms with E-state index in [1.54, 1.807) is 0 Å². The number of ketones is 1. The van der Waals surface area contributed by atoms with Crippen molar-refractivity contribution in [2.75, 3.05) is 6.61 Å². The number of ether oxygens (including phenoxy) is 1. The summed E-state index contributed by atoms with van der Waals surface area (Å²) in [6.07, 6.45) is 2.25. The van der Waals surface area contributed by atoms with Crippen LogP contribution in [0.1, 0.15) is 41.3 Å². The van der Waals surface area contributed by atoms with Crippen molar-refractivity contribution in [1.82, 2.24) is 0 Å². The molecule has 0 saturated carbocycles. The van der Waals surface area contributed by atoms with E-state index < -0.39 is 11.7 Å². The average Bonchev–Trinajstić information content (AvgIpc) is 2.55. The van der Waals surface area contributed by atoms with Crippen molar-refractivity contribution < 1.29 is 30.0 Å². The summed E-state index contributed by atoms with van der Waals surface area (Å²) in [4.78, 5) is 13.0. The molecule has 1 aliphatic heterocycles. The molecule has 0 aromatic heterocycles. The Bertz CT molecular complexity index is 909. The Balaban J connectivity index is 2.07. The zero-order valence-corrected chi connectivity index (χ0v) is 14.5. The molecule has 3 rings (SSSR count). The van der Waals surface area contributed by atoms with Gasteiger partial charge in [-0.2, -0.15) is 0 Å². The van der Waals surface area contributed by atoms with Gasteiger partial charge in [0.2, 0.25) is 0 Å². The molecule has 0 fully saturated rings. The summed E-state index contributed by atoms with van der Waals surface area (Å²) in [7, 11) is 0. The molecule has 4 N–H and O–H groups in total. The lowest BCUT2D eigenvalue weighted by molar-refractivity contribution is 0.0888. The van der Waals surface area contributed by atoms with Crippen LogP contribution in [0.2, 0.25) is 0 Å². The van der Waals surface area contributed by atoms with E-state index in [0.717, 1.165) is 17.7 Å². The molecular weight excluding hydrogens is 336 g/mol. The van der Waals surface area contributed by atoms with Crippen molar-refractivity contribution in [1.29, 1.82) is 0 Å². The predicted octanol–water partition coefficient (Wildman–Crippen LogP) is 3.38. The van der Waals surface area contributed by atoms with Crippen LogP contribution in [0.15, 0.2) is 35.9 Å². The van der Waals surface area contributed by atoms with E-state index in [4.69, 9.17) is 4.74 Å². The van der Waals surface area contributed by atoms with Crippen LogP contribution in [0.5, 0.6) is 28.7 Å². The van der Waals surface area contributed by atoms with Gasteiger partial charge in [-0.05, 0) is 26.3 Å². The quantitative estimate of drug-likeness (QED) is 0.628. The normalized spacial score (nSPS) is 15.9. The first kappa shape index (κ1) is 17.7. The summed E-state index contributed by atoms with van der Waals surface area (Å²) in [5.74, 6) is -1.92. The number of Topliss-reactive ketones (excluding diaryl/α,β-unsaturated/α-hetero) is 1. The van der Waals surface area contributed by atoms with E-state index in [1.165, 1.54) is 12.1 Å². The molecule has 1 heterocycles. The third kappa shape index (κ3) is 3.06. The van der Waals surface area contributed by atoms with E-state index in [0.29, 0.717) is 17.5 Å². The van der Waals surface area contributed by atoms with E-state index in [-0.39, 0.29) is 40.9 Å². The Morgan fingerprint density at radius 1 is 1.12 bits per heavy atom. The van der Waals surface area contributed by atoms with Crippen LogP contribution in [-0.2, 0) is 6.42 Å². The fraction of sp³-hybridized carbons (Fsp3) is 0.250. The number of phenolic OH excluding ortho intramolecular Hbond substituents is 4. The summed E-state index contributed by atoms with van der Waals surface area (Å²) in [6, 6.07) is 5.10. The van der Waals surface area contributed by atoms with Gasteiger partial charge in [0.1, 0.15) is 40.9 Å². The molecule has 6 nitrogen and oxygen atoms in total. The van der Waals surface area contributed by atoms with Gasteiger partial charge in [-0.3, -0.25) is 4.79 Å². The Labute approximate surface area is 150 Å². The standard InChI is InChI=1S/C20H20O6/c1-10(2)3-5-13-16(23)8-17(24)18-19(25)14(9-26-20(13)18)12-6-4-11(21)7-15(12)22/h3-4,6-8,14,21-24H,5,9H2,1-2H3/t14-/m1/s1. The molecule has 26 heavy (non-hydrogen) atoms. The second kappa shape index (κ2) is 6.63. The number of carbonyl (C=O) groups excluding carboxylic acids is 1. The molecule has 136 valence electrons. The van der Waals surface area contributed by atoms with Crippen LogP contribution in [0.4, 0.5) is 0 Å². The highest BCUT2D eigenvalue weighted by Crippen LogP contribution is 2.45. The largest absolute Gasteiger partial charge is 0.508 e. The average molecular weight is 356 g/mol. The second-order valence-corrected chi connectivity index (χ2v) is 6.55. The minimum atomic E-state index is -0.824. The lowest BCUT2D eigenvalue weighted by Crippen LogP contribution is -2.27. The Morgan fingerprint density at radius 2 is 1.85 bits per heavy atom. The van der Waals surface area contributed by atoms with Gasteiger partial charge in [-0.25, -0.2) is 0 Å². The van der Waals surface area contributed by atoms with Gasteiger partial charge in [-0.1, -0.05) is 17.7 Å². The third-order valence-electron chi connectivity index (χ3n) is 4.40. The first-order valence-electron chi connectivity index (χ1n) is 8.19. The van der Waals surface area contributed by atoms with E-state index in [9.17, 15) is 25.2 Å². The Hall–Kier alpha value is -3.15. The van der Waals surface area contributed by atoms with Crippen molar-refractivity contribution in [2.24, 2.45) is 0 Å². The number of rotatable bonds is 3. The van der Waals surface area contributed by atoms with Crippen LogP contribution in [0.25, 0.3) is 0 Å². The highest BCUT2D eigenvalue weighted by Gasteiger charge is 2.36. The van der Waals surface area contributed by atoms with Crippen LogP contribution in [-0.4, -0.2) is 32.8 Å². The first-order chi connectivity index (χ1) is 12.3. The number of hydrogen-bond acceptors (Lipinski definition) is 6. The summed E-state index contributed by atoms with van der Waals surface area (Å²) in [5, 5.41) is 39.8. The van der Waals surface area contributed by atoms with Crippen molar-refractivity contribution in [3.63, 3.8) is 0 Å². The summed E-state index contributed by atoms with van der Waals surface area (Å²) >= 11 is 0. The molecule has 0 radical (unpaired) electrons. The fourth-order valence-electron chi connectivity index (χ4n) is 3.05. The van der Waals surface area contributed by atoms with E-state index in [1.807, 2.05) is 19.9 Å². The number of hydrogen-bond donors (Lipinski definition) is 4. The summed E-state index contributed by atoms with van der Waals surface area (Å²) < 4.78 is 5.73. The monoisotopic (exact) mass is 356 g/mol. The third-order valence-corrected chi connectivity index (χ3v) is 4.40. The van der Waals surface area contributed by atoms with Gasteiger partial charge in [-0.15, -0.1) is 0 Å². The topological polar surface area (TPSA) is 107 Å². The Morgan fingerprint density at radius 3 is 2.50 bits per heavy atom. The van der Waals surface area contributed by atoms with Crippen LogP contribution in [0, 0.1) is 0 Å². The second-order valence-electron chi connectivity index (χ2n) is 6.55. The van der Waals surface area contributed by atoms with Crippen molar-refractivity contribution in [2.45, 2.75) is 26.2 Å². The van der Waals surface area contributed by atoms with Gasteiger partial charge >= 0.3 is 0 Å². The smallest absolute Gasteiger partial charge is 0.181 e. The van der Waals surface area contributed by atoms with Crippen LogP contribution >= 0.6 is 0 Å². The maximum Gasteiger partial charge on any atom is 0.181 e. The minimum Gasteiger partial charge on any atom is -0.508 e. The number of phenols is 4. The van der Waals surface area contributed by atoms with Gasteiger partial charge in [0.25, 0.3) is 0 Å². The van der Waals surface area contributed by atoms with Crippen LogP contribution < -0.4 is 4.74 Å². The van der Waals surface area contributed by atoms with Crippen molar-refractivity contribution in [3.8, 4) is 28.7 Å². The van der Waals surface area contributed by atoms with Gasteiger partial charge in [0, 0.05) is 23.3 Å². The van der Waals surface area contributed by atoms with Crippen LogP contribution in [0.3, 0.4) is 0 Å². The SMILES string of the molecule is CC(C)=CCc1c(O)cc(O)c2c1OC[C@H](c1ccc(O)cc1O)C2=O. The molecule has 1 aliphatic rings. The molecule has 0 aliphatic carbocycles. The maximum absolute atomic E-state index is 13.0. The highest BCUT2D eigenvalue weighted by molar-refractivity contribution is 6.07. The molecule has 2 aromatic rings.